The second-order valence-corrected chi connectivity index (χ2v) is 3.40. The van der Waals surface area contributed by atoms with Crippen molar-refractivity contribution in [2.45, 2.75) is 12.8 Å². The van der Waals surface area contributed by atoms with Gasteiger partial charge in [0.15, 0.2) is 0 Å². The van der Waals surface area contributed by atoms with E-state index in [1.54, 1.807) is 18.7 Å². The standard InChI is InChI=1S/C11H12N2O2/c1-8(6-14)10-7-15-11(13-10)9-3-2-4-12-5-9/h2-5,7-8,14H,6H2,1H3. The lowest BCUT2D eigenvalue weighted by Crippen LogP contribution is -1.98. The minimum Gasteiger partial charge on any atom is -0.444 e. The van der Waals surface area contributed by atoms with Crippen LogP contribution in [0.25, 0.3) is 11.5 Å². The molecular formula is C11H12N2O2. The quantitative estimate of drug-likeness (QED) is 0.828. The summed E-state index contributed by atoms with van der Waals surface area (Å²) in [5, 5.41) is 8.97. The second kappa shape index (κ2) is 4.23. The number of hydrogen-bond donors (Lipinski definition) is 1. The highest BCUT2D eigenvalue weighted by atomic mass is 16.3. The van der Waals surface area contributed by atoms with Crippen molar-refractivity contribution in [2.75, 3.05) is 6.61 Å². The van der Waals surface area contributed by atoms with Crippen LogP contribution in [0.15, 0.2) is 35.2 Å². The van der Waals surface area contributed by atoms with Crippen LogP contribution < -0.4 is 0 Å². The van der Waals surface area contributed by atoms with Gasteiger partial charge >= 0.3 is 0 Å². The molecular weight excluding hydrogens is 192 g/mol. The Balaban J connectivity index is 2.28. The molecule has 0 saturated carbocycles. The predicted molar refractivity (Wildman–Crippen MR) is 55.2 cm³/mol. The summed E-state index contributed by atoms with van der Waals surface area (Å²) in [7, 11) is 0. The zero-order valence-corrected chi connectivity index (χ0v) is 8.42. The number of nitrogens with zero attached hydrogens (tertiary/aromatic N) is 2. The van der Waals surface area contributed by atoms with Crippen LogP contribution in [-0.4, -0.2) is 21.7 Å². The van der Waals surface area contributed by atoms with Gasteiger partial charge in [-0.3, -0.25) is 4.98 Å². The van der Waals surface area contributed by atoms with Gasteiger partial charge in [-0.15, -0.1) is 0 Å². The van der Waals surface area contributed by atoms with Gasteiger partial charge in [-0.2, -0.15) is 0 Å². The van der Waals surface area contributed by atoms with Crippen molar-refractivity contribution in [3.63, 3.8) is 0 Å². The van der Waals surface area contributed by atoms with E-state index in [1.165, 1.54) is 0 Å². The Hall–Kier alpha value is -1.68. The van der Waals surface area contributed by atoms with Gasteiger partial charge in [0.2, 0.25) is 5.89 Å². The lowest BCUT2D eigenvalue weighted by atomic mass is 10.1. The molecule has 0 spiro atoms. The third-order valence-electron chi connectivity index (χ3n) is 2.21. The fourth-order valence-electron chi connectivity index (χ4n) is 1.23. The van der Waals surface area contributed by atoms with Gasteiger partial charge in [0.1, 0.15) is 6.26 Å². The first-order valence-electron chi connectivity index (χ1n) is 4.78. The lowest BCUT2D eigenvalue weighted by Gasteiger charge is -2.00. The summed E-state index contributed by atoms with van der Waals surface area (Å²) < 4.78 is 5.31. The van der Waals surface area contributed by atoms with E-state index in [-0.39, 0.29) is 12.5 Å². The van der Waals surface area contributed by atoms with Gasteiger partial charge in [0.25, 0.3) is 0 Å². The average Bonchev–Trinajstić information content (AvgIpc) is 2.78. The van der Waals surface area contributed by atoms with Gasteiger partial charge < -0.3 is 9.52 Å². The monoisotopic (exact) mass is 204 g/mol. The van der Waals surface area contributed by atoms with Crippen LogP contribution in [0.5, 0.6) is 0 Å². The first-order chi connectivity index (χ1) is 7.31. The van der Waals surface area contributed by atoms with Crippen molar-refractivity contribution >= 4 is 0 Å². The second-order valence-electron chi connectivity index (χ2n) is 3.40. The number of oxazole rings is 1. The molecule has 0 aliphatic heterocycles. The fraction of sp³-hybridized carbons (Fsp3) is 0.273. The topological polar surface area (TPSA) is 59.2 Å². The van der Waals surface area contributed by atoms with E-state index in [4.69, 9.17) is 9.52 Å². The molecule has 0 aliphatic carbocycles. The van der Waals surface area contributed by atoms with Crippen LogP contribution in [-0.2, 0) is 0 Å². The van der Waals surface area contributed by atoms with Crippen molar-refractivity contribution in [3.8, 4) is 11.5 Å². The molecule has 78 valence electrons. The maximum Gasteiger partial charge on any atom is 0.227 e. The van der Waals surface area contributed by atoms with E-state index in [0.29, 0.717) is 5.89 Å². The first-order valence-corrected chi connectivity index (χ1v) is 4.78. The van der Waals surface area contributed by atoms with E-state index in [9.17, 15) is 0 Å². The molecule has 15 heavy (non-hydrogen) atoms. The molecule has 0 fully saturated rings. The molecule has 0 radical (unpaired) electrons. The molecule has 1 unspecified atom stereocenters. The summed E-state index contributed by atoms with van der Waals surface area (Å²) in [5.74, 6) is 0.539. The van der Waals surface area contributed by atoms with Crippen molar-refractivity contribution in [3.05, 3.63) is 36.5 Å². The van der Waals surface area contributed by atoms with Crippen molar-refractivity contribution in [1.29, 1.82) is 0 Å². The summed E-state index contributed by atoms with van der Waals surface area (Å²) in [6.45, 7) is 1.96. The van der Waals surface area contributed by atoms with E-state index in [2.05, 4.69) is 9.97 Å². The number of rotatable bonds is 3. The maximum atomic E-state index is 8.97. The Morgan fingerprint density at radius 3 is 3.07 bits per heavy atom. The van der Waals surface area contributed by atoms with Crippen LogP contribution >= 0.6 is 0 Å². The van der Waals surface area contributed by atoms with E-state index < -0.39 is 0 Å². The minimum atomic E-state index is -0.000767. The molecule has 2 heterocycles. The molecule has 0 aliphatic rings. The SMILES string of the molecule is CC(CO)c1coc(-c2cccnc2)n1. The Labute approximate surface area is 87.6 Å². The maximum absolute atomic E-state index is 8.97. The van der Waals surface area contributed by atoms with Gasteiger partial charge in [0, 0.05) is 18.3 Å². The van der Waals surface area contributed by atoms with Crippen LogP contribution in [0, 0.1) is 0 Å². The van der Waals surface area contributed by atoms with Crippen LogP contribution in [0.1, 0.15) is 18.5 Å². The van der Waals surface area contributed by atoms with Gasteiger partial charge in [0.05, 0.1) is 17.9 Å². The highest BCUT2D eigenvalue weighted by Crippen LogP contribution is 2.20. The predicted octanol–water partition coefficient (Wildman–Crippen LogP) is 1.83. The van der Waals surface area contributed by atoms with Crippen molar-refractivity contribution in [2.24, 2.45) is 0 Å². The number of aliphatic hydroxyl groups is 1. The molecule has 1 atom stereocenters. The van der Waals surface area contributed by atoms with Crippen LogP contribution in [0.3, 0.4) is 0 Å². The summed E-state index contributed by atoms with van der Waals surface area (Å²) in [6, 6.07) is 3.71. The largest absolute Gasteiger partial charge is 0.444 e. The Bertz CT molecular complexity index is 425. The Morgan fingerprint density at radius 2 is 2.40 bits per heavy atom. The minimum absolute atomic E-state index is 0.000767. The molecule has 4 heteroatoms. The Kier molecular flexibility index (Phi) is 2.78. The van der Waals surface area contributed by atoms with E-state index >= 15 is 0 Å². The van der Waals surface area contributed by atoms with Gasteiger partial charge in [-0.05, 0) is 12.1 Å². The number of hydrogen-bond acceptors (Lipinski definition) is 4. The number of aliphatic hydroxyl groups excluding tert-OH is 1. The summed E-state index contributed by atoms with van der Waals surface area (Å²) in [6.07, 6.45) is 4.96. The van der Waals surface area contributed by atoms with Crippen molar-refractivity contribution in [1.82, 2.24) is 9.97 Å². The van der Waals surface area contributed by atoms with Gasteiger partial charge in [-0.25, -0.2) is 4.98 Å². The molecule has 1 N–H and O–H groups in total. The van der Waals surface area contributed by atoms with Crippen LogP contribution in [0.2, 0.25) is 0 Å². The fourth-order valence-corrected chi connectivity index (χ4v) is 1.23. The van der Waals surface area contributed by atoms with E-state index in [1.807, 2.05) is 19.1 Å². The zero-order chi connectivity index (χ0) is 10.7. The number of aromatic nitrogens is 2. The molecule has 0 aromatic carbocycles. The number of pyridine rings is 1. The highest BCUT2D eigenvalue weighted by Gasteiger charge is 2.11. The average molecular weight is 204 g/mol. The lowest BCUT2D eigenvalue weighted by molar-refractivity contribution is 0.271. The third kappa shape index (κ3) is 2.05. The molecule has 0 amide bonds. The van der Waals surface area contributed by atoms with Gasteiger partial charge in [-0.1, -0.05) is 6.92 Å². The molecule has 2 aromatic rings. The summed E-state index contributed by atoms with van der Waals surface area (Å²) >= 11 is 0. The smallest absolute Gasteiger partial charge is 0.227 e. The highest BCUT2D eigenvalue weighted by molar-refractivity contribution is 5.50. The molecule has 2 aromatic heterocycles. The molecule has 0 saturated heterocycles. The summed E-state index contributed by atoms with van der Waals surface area (Å²) in [5.41, 5.74) is 1.60. The van der Waals surface area contributed by atoms with Crippen molar-refractivity contribution < 1.29 is 9.52 Å². The summed E-state index contributed by atoms with van der Waals surface area (Å²) in [4.78, 5) is 8.27. The normalized spacial score (nSPS) is 12.7. The zero-order valence-electron chi connectivity index (χ0n) is 8.42. The third-order valence-corrected chi connectivity index (χ3v) is 2.21. The Morgan fingerprint density at radius 1 is 1.53 bits per heavy atom. The molecule has 4 nitrogen and oxygen atoms in total. The molecule has 0 bridgehead atoms. The first kappa shape index (κ1) is 9.86. The van der Waals surface area contributed by atoms with Crippen LogP contribution in [0.4, 0.5) is 0 Å². The molecule has 2 rings (SSSR count). The van der Waals surface area contributed by atoms with E-state index in [0.717, 1.165) is 11.3 Å².